The van der Waals surface area contributed by atoms with Crippen molar-refractivity contribution in [2.24, 2.45) is 0 Å². The van der Waals surface area contributed by atoms with Crippen molar-refractivity contribution in [2.45, 2.75) is 32.1 Å². The first kappa shape index (κ1) is 16.5. The smallest absolute Gasteiger partial charge is 0.414 e. The molecule has 2 aliphatic heterocycles. The molecule has 24 heavy (non-hydrogen) atoms. The van der Waals surface area contributed by atoms with Gasteiger partial charge in [0.25, 0.3) is 0 Å². The maximum Gasteiger partial charge on any atom is 0.414 e. The van der Waals surface area contributed by atoms with E-state index >= 15 is 0 Å². The Labute approximate surface area is 139 Å². The molecule has 0 spiro atoms. The molecule has 130 valence electrons. The lowest BCUT2D eigenvalue weighted by Crippen LogP contribution is -2.58. The summed E-state index contributed by atoms with van der Waals surface area (Å²) in [6, 6.07) is 4.42. The SMILES string of the molecule is CC(=O)NC[C@H]1CN(c2ccc(N3CC[C@]3(C)O)c(F)c2)C(=O)O1. The Hall–Kier alpha value is -2.35. The fourth-order valence-corrected chi connectivity index (χ4v) is 2.91. The summed E-state index contributed by atoms with van der Waals surface area (Å²) < 4.78 is 19.6. The van der Waals surface area contributed by atoms with Crippen molar-refractivity contribution in [3.63, 3.8) is 0 Å². The van der Waals surface area contributed by atoms with Crippen LogP contribution in [0, 0.1) is 5.82 Å². The number of rotatable bonds is 4. The van der Waals surface area contributed by atoms with Gasteiger partial charge in [0, 0.05) is 19.9 Å². The van der Waals surface area contributed by atoms with E-state index < -0.39 is 23.7 Å². The zero-order chi connectivity index (χ0) is 17.5. The molecule has 1 aromatic carbocycles. The first-order chi connectivity index (χ1) is 11.3. The second-order valence-electron chi connectivity index (χ2n) is 6.31. The molecule has 0 saturated carbocycles. The van der Waals surface area contributed by atoms with E-state index in [1.807, 2.05) is 0 Å². The van der Waals surface area contributed by atoms with E-state index in [0.717, 1.165) is 0 Å². The van der Waals surface area contributed by atoms with Crippen molar-refractivity contribution in [3.8, 4) is 0 Å². The molecule has 2 aliphatic rings. The molecule has 0 bridgehead atoms. The fraction of sp³-hybridized carbons (Fsp3) is 0.500. The molecule has 7 nitrogen and oxygen atoms in total. The maximum atomic E-state index is 14.4. The van der Waals surface area contributed by atoms with Crippen molar-refractivity contribution in [3.05, 3.63) is 24.0 Å². The molecule has 2 amide bonds. The highest BCUT2D eigenvalue weighted by Crippen LogP contribution is 2.36. The van der Waals surface area contributed by atoms with Gasteiger partial charge in [0.1, 0.15) is 17.6 Å². The Bertz CT molecular complexity index is 679. The average Bonchev–Trinajstić information content (AvgIpc) is 2.87. The van der Waals surface area contributed by atoms with Crippen LogP contribution in [0.15, 0.2) is 18.2 Å². The molecule has 0 aliphatic carbocycles. The average molecular weight is 337 g/mol. The number of nitrogens with one attached hydrogen (secondary N) is 1. The van der Waals surface area contributed by atoms with Gasteiger partial charge in [0.05, 0.1) is 24.5 Å². The molecule has 8 heteroatoms. The molecule has 2 saturated heterocycles. The van der Waals surface area contributed by atoms with Crippen molar-refractivity contribution < 1.29 is 23.8 Å². The molecule has 0 unspecified atom stereocenters. The van der Waals surface area contributed by atoms with Crippen molar-refractivity contribution >= 4 is 23.4 Å². The van der Waals surface area contributed by atoms with E-state index in [1.165, 1.54) is 17.9 Å². The normalized spacial score (nSPS) is 26.2. The second kappa shape index (κ2) is 5.94. The van der Waals surface area contributed by atoms with Crippen molar-refractivity contribution in [1.82, 2.24) is 5.32 Å². The summed E-state index contributed by atoms with van der Waals surface area (Å²) in [7, 11) is 0. The molecule has 0 aromatic heterocycles. The van der Waals surface area contributed by atoms with E-state index in [1.54, 1.807) is 24.0 Å². The summed E-state index contributed by atoms with van der Waals surface area (Å²) in [6.45, 7) is 4.05. The van der Waals surface area contributed by atoms with Crippen LogP contribution in [-0.4, -0.2) is 48.6 Å². The fourth-order valence-electron chi connectivity index (χ4n) is 2.91. The molecular formula is C16H20FN3O4. The van der Waals surface area contributed by atoms with Gasteiger partial charge in [0.15, 0.2) is 0 Å². The lowest BCUT2D eigenvalue weighted by molar-refractivity contribution is -0.119. The molecule has 1 aromatic rings. The lowest BCUT2D eigenvalue weighted by atomic mass is 9.99. The minimum Gasteiger partial charge on any atom is -0.442 e. The van der Waals surface area contributed by atoms with Gasteiger partial charge in [-0.1, -0.05) is 0 Å². The van der Waals surface area contributed by atoms with Crippen LogP contribution in [0.25, 0.3) is 0 Å². The number of benzene rings is 1. The molecule has 2 atom stereocenters. The Morgan fingerprint density at radius 2 is 2.29 bits per heavy atom. The van der Waals surface area contributed by atoms with Gasteiger partial charge in [-0.25, -0.2) is 9.18 Å². The van der Waals surface area contributed by atoms with Gasteiger partial charge in [-0.05, 0) is 25.1 Å². The van der Waals surface area contributed by atoms with Crippen LogP contribution in [-0.2, 0) is 9.53 Å². The molecule has 2 heterocycles. The number of nitrogens with zero attached hydrogens (tertiary/aromatic N) is 2. The second-order valence-corrected chi connectivity index (χ2v) is 6.31. The standard InChI is InChI=1S/C16H20FN3O4/c1-10(21)18-8-12-9-19(15(22)24-12)11-3-4-14(13(17)7-11)20-6-5-16(20,2)23/h3-4,7,12,23H,5-6,8-9H2,1-2H3,(H,18,21)/t12-,16-/m0/s1. The first-order valence-electron chi connectivity index (χ1n) is 7.80. The van der Waals surface area contributed by atoms with Crippen LogP contribution in [0.4, 0.5) is 20.6 Å². The highest BCUT2D eigenvalue weighted by atomic mass is 19.1. The number of carbonyl (C=O) groups is 2. The molecule has 2 N–H and O–H groups in total. The Balaban J connectivity index is 1.72. The third kappa shape index (κ3) is 3.01. The topological polar surface area (TPSA) is 82.1 Å². The minimum atomic E-state index is -1.04. The lowest BCUT2D eigenvalue weighted by Gasteiger charge is -2.48. The van der Waals surface area contributed by atoms with Crippen molar-refractivity contribution in [2.75, 3.05) is 29.4 Å². The minimum absolute atomic E-state index is 0.207. The molecule has 3 rings (SSSR count). The highest BCUT2D eigenvalue weighted by Gasteiger charge is 2.40. The quantitative estimate of drug-likeness (QED) is 0.863. The molecule has 2 fully saturated rings. The number of aliphatic hydroxyl groups is 1. The Morgan fingerprint density at radius 3 is 2.83 bits per heavy atom. The monoisotopic (exact) mass is 337 g/mol. The Kier molecular flexibility index (Phi) is 4.08. The summed E-state index contributed by atoms with van der Waals surface area (Å²) in [5.41, 5.74) is -0.359. The highest BCUT2D eigenvalue weighted by molar-refractivity contribution is 5.90. The summed E-state index contributed by atoms with van der Waals surface area (Å²) in [6.07, 6.45) is -0.467. The van der Waals surface area contributed by atoms with Gasteiger partial charge < -0.3 is 20.1 Å². The summed E-state index contributed by atoms with van der Waals surface area (Å²) in [5, 5.41) is 12.6. The van der Waals surface area contributed by atoms with Crippen LogP contribution in [0.2, 0.25) is 0 Å². The third-order valence-corrected chi connectivity index (χ3v) is 4.38. The van der Waals surface area contributed by atoms with E-state index in [0.29, 0.717) is 24.3 Å². The third-order valence-electron chi connectivity index (χ3n) is 4.38. The number of anilines is 2. The van der Waals surface area contributed by atoms with Crippen LogP contribution in [0.1, 0.15) is 20.3 Å². The summed E-state index contributed by atoms with van der Waals surface area (Å²) in [5.74, 6) is -0.716. The number of ether oxygens (including phenoxy) is 1. The zero-order valence-corrected chi connectivity index (χ0v) is 13.6. The van der Waals surface area contributed by atoms with E-state index in [9.17, 15) is 19.1 Å². The van der Waals surface area contributed by atoms with Crippen molar-refractivity contribution in [1.29, 1.82) is 0 Å². The van der Waals surface area contributed by atoms with Gasteiger partial charge in [-0.3, -0.25) is 9.69 Å². The van der Waals surface area contributed by atoms with Crippen LogP contribution in [0.3, 0.4) is 0 Å². The van der Waals surface area contributed by atoms with Gasteiger partial charge in [-0.2, -0.15) is 0 Å². The zero-order valence-electron chi connectivity index (χ0n) is 13.6. The number of hydrogen-bond donors (Lipinski definition) is 2. The summed E-state index contributed by atoms with van der Waals surface area (Å²) in [4.78, 5) is 25.8. The van der Waals surface area contributed by atoms with Gasteiger partial charge >= 0.3 is 6.09 Å². The van der Waals surface area contributed by atoms with E-state index in [-0.39, 0.29) is 19.0 Å². The predicted octanol–water partition coefficient (Wildman–Crippen LogP) is 1.21. The van der Waals surface area contributed by atoms with Crippen LogP contribution in [0.5, 0.6) is 0 Å². The van der Waals surface area contributed by atoms with Crippen LogP contribution < -0.4 is 15.1 Å². The van der Waals surface area contributed by atoms with Gasteiger partial charge in [-0.15, -0.1) is 0 Å². The first-order valence-corrected chi connectivity index (χ1v) is 7.80. The number of carbonyl (C=O) groups excluding carboxylic acids is 2. The summed E-state index contributed by atoms with van der Waals surface area (Å²) >= 11 is 0. The molecular weight excluding hydrogens is 317 g/mol. The largest absolute Gasteiger partial charge is 0.442 e. The Morgan fingerprint density at radius 1 is 1.54 bits per heavy atom. The van der Waals surface area contributed by atoms with Crippen LogP contribution >= 0.6 is 0 Å². The van der Waals surface area contributed by atoms with E-state index in [4.69, 9.17) is 4.74 Å². The maximum absolute atomic E-state index is 14.4. The number of amides is 2. The van der Waals surface area contributed by atoms with E-state index in [2.05, 4.69) is 5.32 Å². The predicted molar refractivity (Wildman–Crippen MR) is 85.3 cm³/mol. The number of halogens is 1. The number of hydrogen-bond acceptors (Lipinski definition) is 5. The number of cyclic esters (lactones) is 1. The molecule has 0 radical (unpaired) electrons. The van der Waals surface area contributed by atoms with Gasteiger partial charge in [0.2, 0.25) is 5.91 Å².